The van der Waals surface area contributed by atoms with Crippen molar-refractivity contribution in [1.82, 2.24) is 16.0 Å². The van der Waals surface area contributed by atoms with Gasteiger partial charge in [0.15, 0.2) is 11.5 Å². The van der Waals surface area contributed by atoms with Crippen LogP contribution in [0, 0.1) is 0 Å². The quantitative estimate of drug-likeness (QED) is 0.450. The van der Waals surface area contributed by atoms with E-state index in [-0.39, 0.29) is 24.1 Å². The standard InChI is InChI=1S/C18H28ClN3O4/c1-11(2)26-15-7-6-14(10-16(15)25-5)13(4)22-18(24)21-9-8-20-17(23)12(3)19/h6-7,10-13H,8-9H2,1-5H3,(H,20,23)(H2,21,22,24). The smallest absolute Gasteiger partial charge is 0.315 e. The number of hydrogen-bond donors (Lipinski definition) is 3. The molecule has 0 aliphatic carbocycles. The molecule has 0 saturated heterocycles. The van der Waals surface area contributed by atoms with Gasteiger partial charge in [-0.05, 0) is 45.4 Å². The summed E-state index contributed by atoms with van der Waals surface area (Å²) in [5.74, 6) is 1.01. The number of ether oxygens (including phenoxy) is 2. The van der Waals surface area contributed by atoms with Gasteiger partial charge in [-0.25, -0.2) is 4.79 Å². The molecule has 8 heteroatoms. The van der Waals surface area contributed by atoms with Crippen LogP contribution >= 0.6 is 11.6 Å². The number of amides is 3. The van der Waals surface area contributed by atoms with Gasteiger partial charge in [0.2, 0.25) is 5.91 Å². The molecule has 2 atom stereocenters. The molecule has 0 aromatic heterocycles. The first kappa shape index (κ1) is 21.9. The molecule has 0 aliphatic heterocycles. The van der Waals surface area contributed by atoms with Gasteiger partial charge in [0.1, 0.15) is 5.38 Å². The lowest BCUT2D eigenvalue weighted by atomic mass is 10.1. The molecule has 0 aliphatic rings. The Kier molecular flexibility index (Phi) is 9.05. The summed E-state index contributed by atoms with van der Waals surface area (Å²) in [7, 11) is 1.58. The number of hydrogen-bond acceptors (Lipinski definition) is 4. The largest absolute Gasteiger partial charge is 0.493 e. The van der Waals surface area contributed by atoms with Crippen LogP contribution in [0.25, 0.3) is 0 Å². The van der Waals surface area contributed by atoms with Crippen LogP contribution in [-0.2, 0) is 4.79 Å². The van der Waals surface area contributed by atoms with Crippen molar-refractivity contribution >= 4 is 23.5 Å². The van der Waals surface area contributed by atoms with Crippen LogP contribution in [0.4, 0.5) is 4.79 Å². The molecule has 0 bridgehead atoms. The predicted octanol–water partition coefficient (Wildman–Crippen LogP) is 2.59. The first-order valence-corrected chi connectivity index (χ1v) is 8.99. The lowest BCUT2D eigenvalue weighted by Crippen LogP contribution is -2.42. The fraction of sp³-hybridized carbons (Fsp3) is 0.556. The highest BCUT2D eigenvalue weighted by Gasteiger charge is 2.14. The molecule has 0 fully saturated rings. The molecule has 2 unspecified atom stereocenters. The topological polar surface area (TPSA) is 88.7 Å². The number of carbonyl (C=O) groups excluding carboxylic acids is 2. The van der Waals surface area contributed by atoms with Crippen molar-refractivity contribution in [3.63, 3.8) is 0 Å². The molecule has 0 heterocycles. The molecular weight excluding hydrogens is 358 g/mol. The Morgan fingerprint density at radius 2 is 1.73 bits per heavy atom. The Morgan fingerprint density at radius 1 is 1.08 bits per heavy atom. The second-order valence-corrected chi connectivity index (χ2v) is 6.76. The normalized spacial score (nSPS) is 12.9. The van der Waals surface area contributed by atoms with Gasteiger partial charge in [0, 0.05) is 13.1 Å². The van der Waals surface area contributed by atoms with Crippen LogP contribution in [0.1, 0.15) is 39.3 Å². The van der Waals surface area contributed by atoms with Gasteiger partial charge in [-0.3, -0.25) is 4.79 Å². The van der Waals surface area contributed by atoms with Crippen molar-refractivity contribution in [1.29, 1.82) is 0 Å². The van der Waals surface area contributed by atoms with Crippen LogP contribution in [-0.4, -0.2) is 43.6 Å². The maximum atomic E-state index is 12.0. The summed E-state index contributed by atoms with van der Waals surface area (Å²) in [6, 6.07) is 4.99. The van der Waals surface area contributed by atoms with Crippen LogP contribution in [0.15, 0.2) is 18.2 Å². The summed E-state index contributed by atoms with van der Waals surface area (Å²) in [5.41, 5.74) is 0.886. The van der Waals surface area contributed by atoms with E-state index in [1.165, 1.54) is 0 Å². The van der Waals surface area contributed by atoms with E-state index < -0.39 is 5.38 Å². The second kappa shape index (κ2) is 10.8. The highest BCUT2D eigenvalue weighted by molar-refractivity contribution is 6.30. The van der Waals surface area contributed by atoms with Crippen LogP contribution in [0.5, 0.6) is 11.5 Å². The maximum Gasteiger partial charge on any atom is 0.315 e. The molecule has 7 nitrogen and oxygen atoms in total. The lowest BCUT2D eigenvalue weighted by Gasteiger charge is -2.18. The van der Waals surface area contributed by atoms with Crippen LogP contribution < -0.4 is 25.4 Å². The molecule has 3 amide bonds. The van der Waals surface area contributed by atoms with Crippen molar-refractivity contribution in [2.45, 2.75) is 45.2 Å². The Balaban J connectivity index is 2.52. The van der Waals surface area contributed by atoms with Gasteiger partial charge in [0.05, 0.1) is 19.3 Å². The van der Waals surface area contributed by atoms with Crippen molar-refractivity contribution in [3.05, 3.63) is 23.8 Å². The average molecular weight is 386 g/mol. The summed E-state index contributed by atoms with van der Waals surface area (Å²) in [4.78, 5) is 23.3. The molecule has 1 aromatic rings. The minimum Gasteiger partial charge on any atom is -0.493 e. The van der Waals surface area contributed by atoms with E-state index >= 15 is 0 Å². The zero-order chi connectivity index (χ0) is 19.7. The third-order valence-corrected chi connectivity index (χ3v) is 3.67. The van der Waals surface area contributed by atoms with Gasteiger partial charge in [-0.2, -0.15) is 0 Å². The number of rotatable bonds is 9. The summed E-state index contributed by atoms with van der Waals surface area (Å²) in [5, 5.41) is 7.53. The van der Waals surface area contributed by atoms with E-state index in [0.717, 1.165) is 5.56 Å². The van der Waals surface area contributed by atoms with E-state index in [2.05, 4.69) is 16.0 Å². The highest BCUT2D eigenvalue weighted by Crippen LogP contribution is 2.31. The number of nitrogens with one attached hydrogen (secondary N) is 3. The third kappa shape index (κ3) is 7.39. The van der Waals surface area contributed by atoms with Crippen molar-refractivity contribution in [2.24, 2.45) is 0 Å². The van der Waals surface area contributed by atoms with E-state index in [9.17, 15) is 9.59 Å². The summed E-state index contributed by atoms with van der Waals surface area (Å²) in [6.07, 6.45) is 0.0401. The number of halogens is 1. The molecule has 26 heavy (non-hydrogen) atoms. The van der Waals surface area contributed by atoms with Crippen molar-refractivity contribution < 1.29 is 19.1 Å². The monoisotopic (exact) mass is 385 g/mol. The number of carbonyl (C=O) groups is 2. The minimum atomic E-state index is -0.596. The molecule has 0 saturated carbocycles. The van der Waals surface area contributed by atoms with Crippen LogP contribution in [0.3, 0.4) is 0 Å². The van der Waals surface area contributed by atoms with E-state index in [1.807, 2.05) is 39.0 Å². The van der Waals surface area contributed by atoms with E-state index in [4.69, 9.17) is 21.1 Å². The van der Waals surface area contributed by atoms with Gasteiger partial charge < -0.3 is 25.4 Å². The van der Waals surface area contributed by atoms with E-state index in [0.29, 0.717) is 24.6 Å². The number of alkyl halides is 1. The summed E-state index contributed by atoms with van der Waals surface area (Å²) < 4.78 is 11.0. The zero-order valence-electron chi connectivity index (χ0n) is 15.9. The number of benzene rings is 1. The Hall–Kier alpha value is -2.15. The fourth-order valence-electron chi connectivity index (χ4n) is 2.14. The summed E-state index contributed by atoms with van der Waals surface area (Å²) in [6.45, 7) is 7.96. The molecule has 146 valence electrons. The van der Waals surface area contributed by atoms with Gasteiger partial charge >= 0.3 is 6.03 Å². The van der Waals surface area contributed by atoms with Gasteiger partial charge in [-0.1, -0.05) is 6.07 Å². The Bertz CT molecular complexity index is 608. The minimum absolute atomic E-state index is 0.0401. The molecule has 0 radical (unpaired) electrons. The third-order valence-electron chi connectivity index (χ3n) is 3.47. The molecular formula is C18H28ClN3O4. The first-order chi connectivity index (χ1) is 12.2. The van der Waals surface area contributed by atoms with E-state index in [1.54, 1.807) is 14.0 Å². The predicted molar refractivity (Wildman–Crippen MR) is 102 cm³/mol. The van der Waals surface area contributed by atoms with Crippen molar-refractivity contribution in [2.75, 3.05) is 20.2 Å². The Morgan fingerprint density at radius 3 is 2.31 bits per heavy atom. The van der Waals surface area contributed by atoms with Gasteiger partial charge in [0.25, 0.3) is 0 Å². The van der Waals surface area contributed by atoms with Gasteiger partial charge in [-0.15, -0.1) is 11.6 Å². The van der Waals surface area contributed by atoms with Crippen molar-refractivity contribution in [3.8, 4) is 11.5 Å². The molecule has 1 aromatic carbocycles. The zero-order valence-corrected chi connectivity index (χ0v) is 16.6. The number of urea groups is 1. The fourth-order valence-corrected chi connectivity index (χ4v) is 2.22. The maximum absolute atomic E-state index is 12.0. The molecule has 1 rings (SSSR count). The number of methoxy groups -OCH3 is 1. The lowest BCUT2D eigenvalue weighted by molar-refractivity contribution is -0.120. The molecule has 0 spiro atoms. The van der Waals surface area contributed by atoms with Crippen LogP contribution in [0.2, 0.25) is 0 Å². The second-order valence-electron chi connectivity index (χ2n) is 6.11. The average Bonchev–Trinajstić information content (AvgIpc) is 2.58. The molecule has 3 N–H and O–H groups in total. The summed E-state index contributed by atoms with van der Waals surface area (Å²) >= 11 is 5.64. The first-order valence-electron chi connectivity index (χ1n) is 8.55. The SMILES string of the molecule is COc1cc(C(C)NC(=O)NCCNC(=O)C(C)Cl)ccc1OC(C)C. The Labute approximate surface area is 159 Å². The highest BCUT2D eigenvalue weighted by atomic mass is 35.5.